The molecule has 0 unspecified atom stereocenters. The highest BCUT2D eigenvalue weighted by Crippen LogP contribution is 2.27. The van der Waals surface area contributed by atoms with Crippen molar-refractivity contribution < 1.29 is 9.90 Å². The lowest BCUT2D eigenvalue weighted by Crippen LogP contribution is -2.15. The first-order chi connectivity index (χ1) is 7.24. The summed E-state index contributed by atoms with van der Waals surface area (Å²) in [4.78, 5) is 12.6. The third kappa shape index (κ3) is 3.64. The fraction of sp³-hybridized carbons (Fsp3) is 0.545. The molecule has 0 radical (unpaired) electrons. The first-order valence-corrected chi connectivity index (χ1v) is 6.06. The summed E-state index contributed by atoms with van der Waals surface area (Å²) < 4.78 is 0. The van der Waals surface area contributed by atoms with Gasteiger partial charge in [0.2, 0.25) is 0 Å². The Bertz CT molecular complexity index is 344. The van der Waals surface area contributed by atoms with E-state index in [0.717, 1.165) is 23.9 Å². The van der Waals surface area contributed by atoms with E-state index in [1.807, 2.05) is 12.1 Å². The molecule has 0 spiro atoms. The lowest BCUT2D eigenvalue weighted by molar-refractivity contribution is -0.136. The Labute approximate surface area is 93.1 Å². The zero-order valence-electron chi connectivity index (χ0n) is 8.53. The van der Waals surface area contributed by atoms with Gasteiger partial charge in [0.1, 0.15) is 0 Å². The van der Waals surface area contributed by atoms with Crippen LogP contribution in [0.3, 0.4) is 0 Å². The maximum Gasteiger partial charge on any atom is 0.308 e. The predicted octanol–water partition coefficient (Wildman–Crippen LogP) is 1.87. The van der Waals surface area contributed by atoms with Crippen LogP contribution in [0.15, 0.2) is 12.1 Å². The molecule has 1 aromatic heterocycles. The van der Waals surface area contributed by atoms with Crippen molar-refractivity contribution in [3.8, 4) is 0 Å². The molecule has 1 heterocycles. The van der Waals surface area contributed by atoms with Crippen LogP contribution >= 0.6 is 11.3 Å². The van der Waals surface area contributed by atoms with E-state index in [2.05, 4.69) is 5.32 Å². The molecule has 15 heavy (non-hydrogen) atoms. The average molecular weight is 225 g/mol. The first-order valence-electron chi connectivity index (χ1n) is 5.24. The normalized spacial score (nSPS) is 15.5. The number of hydrogen-bond donors (Lipinski definition) is 2. The van der Waals surface area contributed by atoms with Gasteiger partial charge >= 0.3 is 5.97 Å². The van der Waals surface area contributed by atoms with Crippen LogP contribution in [0.25, 0.3) is 0 Å². The van der Waals surface area contributed by atoms with Crippen molar-refractivity contribution in [2.45, 2.75) is 25.8 Å². The molecule has 1 aliphatic carbocycles. The van der Waals surface area contributed by atoms with Crippen LogP contribution in [-0.2, 0) is 17.8 Å². The minimum absolute atomic E-state index is 0.146. The van der Waals surface area contributed by atoms with Crippen molar-refractivity contribution in [2.75, 3.05) is 6.54 Å². The highest BCUT2D eigenvalue weighted by atomic mass is 32.1. The number of nitrogens with one attached hydrogen (secondary N) is 1. The molecule has 0 atom stereocenters. The largest absolute Gasteiger partial charge is 0.481 e. The summed E-state index contributed by atoms with van der Waals surface area (Å²) in [5.74, 6) is 0.137. The van der Waals surface area contributed by atoms with Crippen molar-refractivity contribution in [3.05, 3.63) is 21.9 Å². The molecule has 3 nitrogen and oxygen atoms in total. The van der Waals surface area contributed by atoms with Crippen LogP contribution in [-0.4, -0.2) is 17.6 Å². The van der Waals surface area contributed by atoms with Gasteiger partial charge in [0.15, 0.2) is 0 Å². The quantitative estimate of drug-likeness (QED) is 0.777. The van der Waals surface area contributed by atoms with Gasteiger partial charge in [-0.1, -0.05) is 0 Å². The lowest BCUT2D eigenvalue weighted by atomic mass is 10.3. The Morgan fingerprint density at radius 2 is 2.20 bits per heavy atom. The number of hydrogen-bond acceptors (Lipinski definition) is 3. The van der Waals surface area contributed by atoms with Crippen LogP contribution in [0.5, 0.6) is 0 Å². The third-order valence-corrected chi connectivity index (χ3v) is 3.56. The van der Waals surface area contributed by atoms with Gasteiger partial charge in [-0.2, -0.15) is 0 Å². The van der Waals surface area contributed by atoms with E-state index < -0.39 is 5.97 Å². The van der Waals surface area contributed by atoms with E-state index in [0.29, 0.717) is 0 Å². The zero-order valence-corrected chi connectivity index (χ0v) is 9.35. The third-order valence-electron chi connectivity index (χ3n) is 2.47. The molecule has 82 valence electrons. The predicted molar refractivity (Wildman–Crippen MR) is 60.1 cm³/mol. The standard InChI is InChI=1S/C11H15NO2S/c13-11(14)5-9-3-4-10(15-9)7-12-6-8-1-2-8/h3-4,8,12H,1-2,5-7H2,(H,13,14). The molecule has 1 aromatic rings. The summed E-state index contributed by atoms with van der Waals surface area (Å²) in [5.41, 5.74) is 0. The van der Waals surface area contributed by atoms with Gasteiger partial charge in [-0.15, -0.1) is 11.3 Å². The van der Waals surface area contributed by atoms with Crippen LogP contribution in [0, 0.1) is 5.92 Å². The topological polar surface area (TPSA) is 49.3 Å². The Kier molecular flexibility index (Phi) is 3.38. The van der Waals surface area contributed by atoms with E-state index >= 15 is 0 Å². The molecule has 0 amide bonds. The molecule has 0 bridgehead atoms. The molecule has 0 aromatic carbocycles. The zero-order chi connectivity index (χ0) is 10.7. The van der Waals surface area contributed by atoms with E-state index in [-0.39, 0.29) is 6.42 Å². The summed E-state index contributed by atoms with van der Waals surface area (Å²) in [7, 11) is 0. The molecule has 4 heteroatoms. The van der Waals surface area contributed by atoms with Gasteiger partial charge in [-0.3, -0.25) is 4.79 Å². The molecule has 2 N–H and O–H groups in total. The van der Waals surface area contributed by atoms with Crippen molar-refractivity contribution in [1.82, 2.24) is 5.32 Å². The van der Waals surface area contributed by atoms with Gasteiger partial charge < -0.3 is 10.4 Å². The van der Waals surface area contributed by atoms with Gasteiger partial charge in [0.25, 0.3) is 0 Å². The molecule has 0 aliphatic heterocycles. The second-order valence-electron chi connectivity index (χ2n) is 4.01. The van der Waals surface area contributed by atoms with Crippen LogP contribution in [0.4, 0.5) is 0 Å². The lowest BCUT2D eigenvalue weighted by Gasteiger charge is -1.99. The Hall–Kier alpha value is -0.870. The minimum atomic E-state index is -0.755. The molecule has 1 aliphatic rings. The van der Waals surface area contributed by atoms with Crippen LogP contribution in [0.1, 0.15) is 22.6 Å². The Balaban J connectivity index is 1.75. The molecular weight excluding hydrogens is 210 g/mol. The molecule has 0 saturated heterocycles. The average Bonchev–Trinajstić information content (AvgIpc) is 2.88. The van der Waals surface area contributed by atoms with Crippen LogP contribution < -0.4 is 5.32 Å². The summed E-state index contributed by atoms with van der Waals surface area (Å²) >= 11 is 1.59. The first kappa shape index (κ1) is 10.6. The van der Waals surface area contributed by atoms with Crippen molar-refractivity contribution in [1.29, 1.82) is 0 Å². The smallest absolute Gasteiger partial charge is 0.308 e. The van der Waals surface area contributed by atoms with Crippen molar-refractivity contribution in [2.24, 2.45) is 5.92 Å². The highest BCUT2D eigenvalue weighted by Gasteiger charge is 2.20. The maximum absolute atomic E-state index is 10.5. The minimum Gasteiger partial charge on any atom is -0.481 e. The van der Waals surface area contributed by atoms with Crippen molar-refractivity contribution in [3.63, 3.8) is 0 Å². The number of carbonyl (C=O) groups is 1. The Morgan fingerprint density at radius 1 is 1.47 bits per heavy atom. The van der Waals surface area contributed by atoms with E-state index in [9.17, 15) is 4.79 Å². The summed E-state index contributed by atoms with van der Waals surface area (Å²) in [6, 6.07) is 3.93. The van der Waals surface area contributed by atoms with Gasteiger partial charge in [0.05, 0.1) is 6.42 Å². The number of rotatable bonds is 6. The summed E-state index contributed by atoms with van der Waals surface area (Å²) in [6.07, 6.45) is 2.87. The monoisotopic (exact) mass is 225 g/mol. The number of aliphatic carboxylic acids is 1. The number of thiophene rings is 1. The fourth-order valence-corrected chi connectivity index (χ4v) is 2.46. The molecule has 1 saturated carbocycles. The van der Waals surface area contributed by atoms with Crippen molar-refractivity contribution >= 4 is 17.3 Å². The highest BCUT2D eigenvalue weighted by molar-refractivity contribution is 7.12. The SMILES string of the molecule is O=C(O)Cc1ccc(CNCC2CC2)s1. The molecule has 1 fully saturated rings. The maximum atomic E-state index is 10.5. The van der Waals surface area contributed by atoms with Gasteiger partial charge in [-0.25, -0.2) is 0 Å². The molecular formula is C11H15NO2S. The van der Waals surface area contributed by atoms with Crippen LogP contribution in [0.2, 0.25) is 0 Å². The van der Waals surface area contributed by atoms with Gasteiger partial charge in [-0.05, 0) is 37.4 Å². The second kappa shape index (κ2) is 4.77. The van der Waals surface area contributed by atoms with E-state index in [1.165, 1.54) is 17.7 Å². The fourth-order valence-electron chi connectivity index (χ4n) is 1.48. The van der Waals surface area contributed by atoms with E-state index in [1.54, 1.807) is 11.3 Å². The number of carboxylic acids is 1. The molecule has 2 rings (SSSR count). The van der Waals surface area contributed by atoms with E-state index in [4.69, 9.17) is 5.11 Å². The summed E-state index contributed by atoms with van der Waals surface area (Å²) in [5, 5.41) is 12.0. The second-order valence-corrected chi connectivity index (χ2v) is 5.27. The Morgan fingerprint density at radius 3 is 2.87 bits per heavy atom. The summed E-state index contributed by atoms with van der Waals surface area (Å²) in [6.45, 7) is 1.98. The number of carboxylic acid groups (broad SMARTS) is 1. The van der Waals surface area contributed by atoms with Gasteiger partial charge in [0, 0.05) is 16.3 Å².